The molecule has 0 aliphatic heterocycles. The maximum Gasteiger partial charge on any atom is 0.249 e. The smallest absolute Gasteiger partial charge is 0.249 e. The van der Waals surface area contributed by atoms with Gasteiger partial charge in [0.1, 0.15) is 12.1 Å². The number of benzene rings is 1. The monoisotopic (exact) mass is 265 g/mol. The third-order valence-corrected chi connectivity index (χ3v) is 2.58. The van der Waals surface area contributed by atoms with Crippen LogP contribution in [0.3, 0.4) is 0 Å². The van der Waals surface area contributed by atoms with Crippen molar-refractivity contribution < 1.29 is 9.47 Å². The quantitative estimate of drug-likeness (QED) is 0.924. The minimum absolute atomic E-state index is 0.257. The van der Waals surface area contributed by atoms with Crippen LogP contribution in [0, 0.1) is 6.92 Å². The molecular formula is C12H12ClN3O2. The van der Waals surface area contributed by atoms with Gasteiger partial charge in [-0.15, -0.1) is 0 Å². The van der Waals surface area contributed by atoms with Crippen molar-refractivity contribution in [3.05, 3.63) is 35.1 Å². The van der Waals surface area contributed by atoms with Crippen molar-refractivity contribution in [1.82, 2.24) is 9.97 Å². The summed E-state index contributed by atoms with van der Waals surface area (Å²) < 4.78 is 10.6. The zero-order valence-corrected chi connectivity index (χ0v) is 10.7. The molecule has 0 radical (unpaired) electrons. The molecule has 0 saturated carbocycles. The molecule has 0 aliphatic carbocycles. The summed E-state index contributed by atoms with van der Waals surface area (Å²) in [7, 11) is 1.48. The van der Waals surface area contributed by atoms with Crippen LogP contribution >= 0.6 is 11.6 Å². The van der Waals surface area contributed by atoms with Crippen molar-refractivity contribution in [3.8, 4) is 17.5 Å². The van der Waals surface area contributed by atoms with Crippen LogP contribution in [-0.4, -0.2) is 17.1 Å². The molecule has 0 bridgehead atoms. The summed E-state index contributed by atoms with van der Waals surface area (Å²) in [6.45, 7) is 1.88. The number of nitrogen functional groups attached to an aromatic ring is 1. The number of ether oxygens (including phenoxy) is 2. The van der Waals surface area contributed by atoms with E-state index in [0.29, 0.717) is 10.8 Å². The van der Waals surface area contributed by atoms with Gasteiger partial charge in [0.25, 0.3) is 0 Å². The van der Waals surface area contributed by atoms with Crippen molar-refractivity contribution >= 4 is 17.3 Å². The maximum absolute atomic E-state index is 5.87. The fourth-order valence-electron chi connectivity index (χ4n) is 1.44. The van der Waals surface area contributed by atoms with Crippen LogP contribution in [-0.2, 0) is 0 Å². The zero-order valence-electron chi connectivity index (χ0n) is 9.98. The van der Waals surface area contributed by atoms with Gasteiger partial charge in [0.2, 0.25) is 11.8 Å². The summed E-state index contributed by atoms with van der Waals surface area (Å²) in [6.07, 6.45) is 1.33. The first-order chi connectivity index (χ1) is 8.61. The number of rotatable bonds is 3. The predicted molar refractivity (Wildman–Crippen MR) is 69.3 cm³/mol. The summed E-state index contributed by atoms with van der Waals surface area (Å²) in [5, 5.41) is 0.646. The lowest BCUT2D eigenvalue weighted by Gasteiger charge is -2.11. The second-order valence-electron chi connectivity index (χ2n) is 3.61. The molecule has 1 aromatic heterocycles. The van der Waals surface area contributed by atoms with E-state index in [0.717, 1.165) is 5.56 Å². The average Bonchev–Trinajstić information content (AvgIpc) is 2.35. The fraction of sp³-hybridized carbons (Fsp3) is 0.167. The molecule has 0 atom stereocenters. The van der Waals surface area contributed by atoms with Crippen LogP contribution in [0.25, 0.3) is 0 Å². The minimum atomic E-state index is 0.257. The molecule has 2 rings (SSSR count). The molecule has 2 aromatic rings. The van der Waals surface area contributed by atoms with E-state index in [4.69, 9.17) is 26.8 Å². The second-order valence-corrected chi connectivity index (χ2v) is 4.05. The lowest BCUT2D eigenvalue weighted by Crippen LogP contribution is -2.01. The highest BCUT2D eigenvalue weighted by Gasteiger charge is 2.11. The van der Waals surface area contributed by atoms with Gasteiger partial charge in [-0.2, -0.15) is 9.97 Å². The van der Waals surface area contributed by atoms with Crippen molar-refractivity contribution in [2.24, 2.45) is 0 Å². The Kier molecular flexibility index (Phi) is 3.53. The van der Waals surface area contributed by atoms with E-state index < -0.39 is 0 Å². The lowest BCUT2D eigenvalue weighted by molar-refractivity contribution is 0.391. The number of nitrogens with two attached hydrogens (primary N) is 1. The summed E-state index contributed by atoms with van der Waals surface area (Å²) in [6, 6.07) is 5.29. The van der Waals surface area contributed by atoms with Gasteiger partial charge < -0.3 is 15.2 Å². The van der Waals surface area contributed by atoms with E-state index in [-0.39, 0.29) is 17.4 Å². The minimum Gasteiger partial charge on any atom is -0.479 e. The molecule has 6 heteroatoms. The molecule has 5 nitrogen and oxygen atoms in total. The SMILES string of the molecule is COc1ncnc(Oc2ccc(Cl)cc2C)c1N. The molecule has 0 aliphatic rings. The van der Waals surface area contributed by atoms with E-state index in [1.807, 2.05) is 6.92 Å². The van der Waals surface area contributed by atoms with Gasteiger partial charge in [-0.05, 0) is 30.7 Å². The number of anilines is 1. The maximum atomic E-state index is 5.87. The first-order valence-corrected chi connectivity index (χ1v) is 5.58. The van der Waals surface area contributed by atoms with Gasteiger partial charge in [0.15, 0.2) is 5.69 Å². The van der Waals surface area contributed by atoms with Gasteiger partial charge in [0.05, 0.1) is 7.11 Å². The highest BCUT2D eigenvalue weighted by molar-refractivity contribution is 6.30. The number of hydrogen-bond acceptors (Lipinski definition) is 5. The Morgan fingerprint density at radius 2 is 1.94 bits per heavy atom. The van der Waals surface area contributed by atoms with E-state index in [1.54, 1.807) is 18.2 Å². The normalized spacial score (nSPS) is 10.2. The number of nitrogens with zero attached hydrogens (tertiary/aromatic N) is 2. The number of halogens is 1. The third-order valence-electron chi connectivity index (χ3n) is 2.35. The predicted octanol–water partition coefficient (Wildman–Crippen LogP) is 2.82. The average molecular weight is 266 g/mol. The van der Waals surface area contributed by atoms with E-state index in [9.17, 15) is 0 Å². The van der Waals surface area contributed by atoms with Crippen LogP contribution in [0.15, 0.2) is 24.5 Å². The van der Waals surface area contributed by atoms with E-state index in [1.165, 1.54) is 13.4 Å². The molecule has 0 fully saturated rings. The van der Waals surface area contributed by atoms with Crippen LogP contribution in [0.5, 0.6) is 17.5 Å². The Labute approximate surface area is 110 Å². The number of methoxy groups -OCH3 is 1. The van der Waals surface area contributed by atoms with Crippen LogP contribution in [0.2, 0.25) is 5.02 Å². The lowest BCUT2D eigenvalue weighted by atomic mass is 10.2. The molecule has 0 spiro atoms. The number of hydrogen-bond donors (Lipinski definition) is 1. The Morgan fingerprint density at radius 1 is 1.22 bits per heavy atom. The summed E-state index contributed by atoms with van der Waals surface area (Å²) in [5.74, 6) is 1.17. The van der Waals surface area contributed by atoms with Crippen molar-refractivity contribution in [1.29, 1.82) is 0 Å². The molecule has 0 unspecified atom stereocenters. The fourth-order valence-corrected chi connectivity index (χ4v) is 1.67. The summed E-state index contributed by atoms with van der Waals surface area (Å²) in [5.41, 5.74) is 6.97. The van der Waals surface area contributed by atoms with Crippen LogP contribution in [0.1, 0.15) is 5.56 Å². The molecule has 1 heterocycles. The van der Waals surface area contributed by atoms with E-state index >= 15 is 0 Å². The topological polar surface area (TPSA) is 70.3 Å². The molecule has 18 heavy (non-hydrogen) atoms. The van der Waals surface area contributed by atoms with Gasteiger partial charge in [-0.3, -0.25) is 0 Å². The van der Waals surface area contributed by atoms with Gasteiger partial charge in [0, 0.05) is 5.02 Å². The van der Waals surface area contributed by atoms with Crippen LogP contribution in [0.4, 0.5) is 5.69 Å². The zero-order chi connectivity index (χ0) is 13.1. The van der Waals surface area contributed by atoms with Crippen molar-refractivity contribution in [2.45, 2.75) is 6.92 Å². The largest absolute Gasteiger partial charge is 0.479 e. The Bertz CT molecular complexity index is 575. The summed E-state index contributed by atoms with van der Waals surface area (Å²) in [4.78, 5) is 7.85. The van der Waals surface area contributed by atoms with Crippen molar-refractivity contribution in [2.75, 3.05) is 12.8 Å². The molecule has 1 aromatic carbocycles. The molecule has 0 amide bonds. The first kappa shape index (κ1) is 12.4. The first-order valence-electron chi connectivity index (χ1n) is 5.20. The molecule has 2 N–H and O–H groups in total. The Balaban J connectivity index is 2.34. The van der Waals surface area contributed by atoms with Gasteiger partial charge >= 0.3 is 0 Å². The van der Waals surface area contributed by atoms with Crippen molar-refractivity contribution in [3.63, 3.8) is 0 Å². The molecule has 94 valence electrons. The van der Waals surface area contributed by atoms with Gasteiger partial charge in [-0.1, -0.05) is 11.6 Å². The van der Waals surface area contributed by atoms with E-state index in [2.05, 4.69) is 9.97 Å². The second kappa shape index (κ2) is 5.10. The standard InChI is InChI=1S/C12H12ClN3O2/c1-7-5-8(13)3-4-9(7)18-12-10(14)11(17-2)15-6-16-12/h3-6H,14H2,1-2H3. The highest BCUT2D eigenvalue weighted by atomic mass is 35.5. The van der Waals surface area contributed by atoms with Gasteiger partial charge in [-0.25, -0.2) is 0 Å². The summed E-state index contributed by atoms with van der Waals surface area (Å²) >= 11 is 5.87. The molecule has 0 saturated heterocycles. The van der Waals surface area contributed by atoms with Crippen LogP contribution < -0.4 is 15.2 Å². The Hall–Kier alpha value is -2.01. The number of aryl methyl sites for hydroxylation is 1. The highest BCUT2D eigenvalue weighted by Crippen LogP contribution is 2.32. The molecular weight excluding hydrogens is 254 g/mol. The number of aromatic nitrogens is 2. The third kappa shape index (κ3) is 2.46. The Morgan fingerprint density at radius 3 is 2.61 bits per heavy atom.